The van der Waals surface area contributed by atoms with Crippen LogP contribution in [-0.2, 0) is 22.4 Å². The number of anilines is 2. The highest BCUT2D eigenvalue weighted by Gasteiger charge is 2.52. The van der Waals surface area contributed by atoms with E-state index in [1.54, 1.807) is 0 Å². The molecular formula is C33H44ClN3O7. The van der Waals surface area contributed by atoms with Crippen LogP contribution in [-0.4, -0.2) is 106 Å². The molecule has 2 aromatic carbocycles. The molecule has 5 rings (SSSR count). The Bertz CT molecular complexity index is 1330. The van der Waals surface area contributed by atoms with E-state index in [-0.39, 0.29) is 30.2 Å². The zero-order chi connectivity index (χ0) is 31.6. The maximum absolute atomic E-state index is 13.9. The van der Waals surface area contributed by atoms with Crippen molar-refractivity contribution < 1.29 is 35.1 Å². The summed E-state index contributed by atoms with van der Waals surface area (Å²) in [5, 5.41) is 49.1. The van der Waals surface area contributed by atoms with Gasteiger partial charge < -0.3 is 40.2 Å². The number of likely N-dealkylation sites (N-methyl/N-ethyl adjacent to an activating group) is 1. The number of aliphatic hydroxyl groups is 5. The lowest BCUT2D eigenvalue weighted by atomic mass is 9.93. The molecule has 1 heterocycles. The minimum atomic E-state index is -1.75. The molecule has 2 fully saturated rings. The van der Waals surface area contributed by atoms with Crippen LogP contribution >= 0.6 is 11.6 Å². The summed E-state index contributed by atoms with van der Waals surface area (Å²) >= 11 is 6.57. The van der Waals surface area contributed by atoms with E-state index >= 15 is 0 Å². The Balaban J connectivity index is 1.15. The van der Waals surface area contributed by atoms with Crippen molar-refractivity contribution in [3.63, 3.8) is 0 Å². The molecule has 0 radical (unpaired) electrons. The maximum Gasteiger partial charge on any atom is 0.233 e. The van der Waals surface area contributed by atoms with Crippen molar-refractivity contribution in [2.24, 2.45) is 5.41 Å². The van der Waals surface area contributed by atoms with Gasteiger partial charge in [0.15, 0.2) is 0 Å². The molecule has 11 heteroatoms. The number of carbonyl (C=O) groups is 2. The van der Waals surface area contributed by atoms with Crippen molar-refractivity contribution in [2.45, 2.75) is 81.8 Å². The number of nitrogens with zero attached hydrogens (tertiary/aromatic N) is 3. The Labute approximate surface area is 263 Å². The second-order valence-electron chi connectivity index (χ2n) is 12.6. The molecule has 3 aliphatic rings. The molecule has 0 aromatic heterocycles. The number of halogens is 1. The molecule has 10 nitrogen and oxygen atoms in total. The van der Waals surface area contributed by atoms with Gasteiger partial charge in [0, 0.05) is 44.2 Å². The van der Waals surface area contributed by atoms with Gasteiger partial charge in [-0.3, -0.25) is 9.59 Å². The van der Waals surface area contributed by atoms with E-state index in [4.69, 9.17) is 16.7 Å². The van der Waals surface area contributed by atoms with Crippen molar-refractivity contribution in [1.29, 1.82) is 0 Å². The number of carbonyl (C=O) groups excluding carboxylic acids is 2. The first-order valence-electron chi connectivity index (χ1n) is 15.6. The average molecular weight is 630 g/mol. The Morgan fingerprint density at radius 3 is 2.32 bits per heavy atom. The monoisotopic (exact) mass is 629 g/mol. The number of aryl methyl sites for hydroxylation is 2. The summed E-state index contributed by atoms with van der Waals surface area (Å²) in [7, 11) is 1.48. The molecule has 0 bridgehead atoms. The largest absolute Gasteiger partial charge is 0.394 e. The standard InChI is InChI=1S/C33H44ClN3O7/c1-35(19-27(39)30(42)31(43)28(40)20-38)29(41)11-7-21-6-10-24(34)22(18-21)12-13-33(14-15-33)32(44)37-17-16-36(23-8-9-23)25-4-2-3-5-26(25)37/h2-6,10,18,23,27-28,30-31,38-40,42-43H,7-9,11-17,19-20H2,1H3/t27-,28+,30+,31+/m0/s1. The molecule has 2 saturated carbocycles. The first kappa shape index (κ1) is 32.7. The number of aliphatic hydroxyl groups excluding tert-OH is 5. The molecule has 2 amide bonds. The fraction of sp³-hybridized carbons (Fsp3) is 0.576. The van der Waals surface area contributed by atoms with Gasteiger partial charge in [-0.2, -0.15) is 0 Å². The molecule has 0 saturated heterocycles. The highest BCUT2D eigenvalue weighted by molar-refractivity contribution is 6.31. The summed E-state index contributed by atoms with van der Waals surface area (Å²) in [6, 6.07) is 14.5. The fourth-order valence-corrected chi connectivity index (χ4v) is 6.43. The topological polar surface area (TPSA) is 145 Å². The van der Waals surface area contributed by atoms with Crippen LogP contribution in [0.2, 0.25) is 5.02 Å². The third-order valence-corrected chi connectivity index (χ3v) is 9.78. The van der Waals surface area contributed by atoms with Crippen LogP contribution in [0.4, 0.5) is 11.4 Å². The molecule has 4 atom stereocenters. The molecular weight excluding hydrogens is 586 g/mol. The lowest BCUT2D eigenvalue weighted by Gasteiger charge is -2.39. The Hall–Kier alpha value is -2.73. The molecule has 0 spiro atoms. The number of rotatable bonds is 14. The number of para-hydroxylation sites is 2. The van der Waals surface area contributed by atoms with Crippen molar-refractivity contribution >= 4 is 34.8 Å². The van der Waals surface area contributed by atoms with Gasteiger partial charge in [-0.15, -0.1) is 0 Å². The second kappa shape index (κ2) is 13.7. The van der Waals surface area contributed by atoms with Crippen LogP contribution in [0.3, 0.4) is 0 Å². The molecule has 2 aliphatic carbocycles. The van der Waals surface area contributed by atoms with E-state index < -0.39 is 31.0 Å². The molecule has 44 heavy (non-hydrogen) atoms. The van der Waals surface area contributed by atoms with Crippen molar-refractivity contribution in [2.75, 3.05) is 43.1 Å². The van der Waals surface area contributed by atoms with Crippen LogP contribution in [0.1, 0.15) is 49.7 Å². The molecule has 5 N–H and O–H groups in total. The van der Waals surface area contributed by atoms with Crippen LogP contribution in [0.25, 0.3) is 0 Å². The predicted octanol–water partition coefficient (Wildman–Crippen LogP) is 1.90. The summed E-state index contributed by atoms with van der Waals surface area (Å²) in [5.41, 5.74) is 3.66. The minimum absolute atomic E-state index is 0.150. The number of hydrogen-bond acceptors (Lipinski definition) is 8. The highest BCUT2D eigenvalue weighted by Crippen LogP contribution is 2.53. The summed E-state index contributed by atoms with van der Waals surface area (Å²) in [4.78, 5) is 32.4. The van der Waals surface area contributed by atoms with E-state index in [1.165, 1.54) is 24.8 Å². The van der Waals surface area contributed by atoms with Gasteiger partial charge in [0.25, 0.3) is 0 Å². The normalized spacial score (nSPS) is 20.0. The predicted molar refractivity (Wildman–Crippen MR) is 168 cm³/mol. The number of amides is 2. The number of hydrogen-bond donors (Lipinski definition) is 5. The first-order valence-corrected chi connectivity index (χ1v) is 15.9. The molecule has 0 unspecified atom stereocenters. The van der Waals surface area contributed by atoms with Crippen LogP contribution in [0.15, 0.2) is 42.5 Å². The summed E-state index contributed by atoms with van der Waals surface area (Å²) in [6.07, 6.45) is -0.472. The quantitative estimate of drug-likeness (QED) is 0.213. The number of benzene rings is 2. The van der Waals surface area contributed by atoms with E-state index in [9.17, 15) is 30.0 Å². The van der Waals surface area contributed by atoms with E-state index in [0.29, 0.717) is 36.9 Å². The van der Waals surface area contributed by atoms with Gasteiger partial charge in [-0.25, -0.2) is 0 Å². The Morgan fingerprint density at radius 1 is 0.977 bits per heavy atom. The third-order valence-electron chi connectivity index (χ3n) is 9.41. The van der Waals surface area contributed by atoms with Gasteiger partial charge in [-0.1, -0.05) is 35.9 Å². The van der Waals surface area contributed by atoms with Crippen molar-refractivity contribution in [3.05, 3.63) is 58.6 Å². The first-order chi connectivity index (χ1) is 21.0. The Kier molecular flexibility index (Phi) is 10.2. The van der Waals surface area contributed by atoms with E-state index in [1.807, 2.05) is 35.2 Å². The van der Waals surface area contributed by atoms with Crippen LogP contribution in [0.5, 0.6) is 0 Å². The third kappa shape index (κ3) is 7.22. The average Bonchev–Trinajstić information content (AvgIpc) is 3.97. The second-order valence-corrected chi connectivity index (χ2v) is 13.1. The SMILES string of the molecule is CN(C[C@H](O)[C@@H](O)[C@H](O)[C@H](O)CO)C(=O)CCc1ccc(Cl)c(CCC2(C(=O)N3CCN(C4CC4)c4ccccc43)CC2)c1. The Morgan fingerprint density at radius 2 is 1.66 bits per heavy atom. The summed E-state index contributed by atoms with van der Waals surface area (Å²) < 4.78 is 0. The maximum atomic E-state index is 13.9. The lowest BCUT2D eigenvalue weighted by molar-refractivity contribution is -0.137. The summed E-state index contributed by atoms with van der Waals surface area (Å²) in [6.45, 7) is 0.539. The molecule has 2 aromatic rings. The van der Waals surface area contributed by atoms with Crippen LogP contribution in [0, 0.1) is 5.41 Å². The van der Waals surface area contributed by atoms with E-state index in [2.05, 4.69) is 17.0 Å². The highest BCUT2D eigenvalue weighted by atomic mass is 35.5. The van der Waals surface area contributed by atoms with Gasteiger partial charge in [0.05, 0.1) is 23.4 Å². The summed E-state index contributed by atoms with van der Waals surface area (Å²) in [5.74, 6) is -0.0680. The van der Waals surface area contributed by atoms with Crippen molar-refractivity contribution in [3.8, 4) is 0 Å². The van der Waals surface area contributed by atoms with Gasteiger partial charge in [0.1, 0.15) is 24.4 Å². The van der Waals surface area contributed by atoms with Gasteiger partial charge >= 0.3 is 0 Å². The lowest BCUT2D eigenvalue weighted by Crippen LogP contribution is -2.50. The minimum Gasteiger partial charge on any atom is -0.394 e. The zero-order valence-electron chi connectivity index (χ0n) is 25.2. The fourth-order valence-electron chi connectivity index (χ4n) is 6.21. The van der Waals surface area contributed by atoms with Gasteiger partial charge in [-0.05, 0) is 74.3 Å². The zero-order valence-corrected chi connectivity index (χ0v) is 25.9. The van der Waals surface area contributed by atoms with E-state index in [0.717, 1.165) is 41.9 Å². The van der Waals surface area contributed by atoms with Crippen molar-refractivity contribution in [1.82, 2.24) is 4.90 Å². The van der Waals surface area contributed by atoms with Crippen LogP contribution < -0.4 is 9.80 Å². The van der Waals surface area contributed by atoms with Gasteiger partial charge in [0.2, 0.25) is 11.8 Å². The molecule has 1 aliphatic heterocycles. The smallest absolute Gasteiger partial charge is 0.233 e. The molecule has 240 valence electrons. The number of fused-ring (bicyclic) bond motifs is 1.